The molecule has 310 valence electrons. The first-order valence-electron chi connectivity index (χ1n) is 18.4. The van der Waals surface area contributed by atoms with Gasteiger partial charge in [-0.1, -0.05) is 72.8 Å². The predicted octanol–water partition coefficient (Wildman–Crippen LogP) is 5.44. The summed E-state index contributed by atoms with van der Waals surface area (Å²) < 4.78 is 4.72. The van der Waals surface area contributed by atoms with Crippen LogP contribution in [0.15, 0.2) is 109 Å². The van der Waals surface area contributed by atoms with E-state index in [0.29, 0.717) is 33.5 Å². The molecule has 0 fully saturated rings. The van der Waals surface area contributed by atoms with Gasteiger partial charge in [-0.25, -0.2) is 9.59 Å². The molecule has 4 aromatic carbocycles. The number of carboxylic acids is 1. The molecule has 61 heavy (non-hydrogen) atoms. The number of carbonyl (C=O) groups excluding carboxylic acids is 3. The second kappa shape index (κ2) is 19.4. The van der Waals surface area contributed by atoms with Crippen LogP contribution >= 0.6 is 0 Å². The first kappa shape index (κ1) is 43.7. The molecule has 0 unspecified atom stereocenters. The molecule has 2 heterocycles. The zero-order valence-electron chi connectivity index (χ0n) is 33.2. The van der Waals surface area contributed by atoms with E-state index in [-0.39, 0.29) is 64.7 Å². The lowest BCUT2D eigenvalue weighted by Gasteiger charge is -2.12. The minimum atomic E-state index is -1.29. The molecular formula is C45H42N8O8. The number of ether oxygens (including phenoxy) is 1. The van der Waals surface area contributed by atoms with Crippen molar-refractivity contribution in [2.45, 2.75) is 26.9 Å². The summed E-state index contributed by atoms with van der Waals surface area (Å²) in [5.74, 6) is -3.38. The van der Waals surface area contributed by atoms with E-state index in [1.807, 2.05) is 36.4 Å². The number of carboxylic acid groups (broad SMARTS) is 1. The molecule has 0 saturated carbocycles. The van der Waals surface area contributed by atoms with Gasteiger partial charge in [0.05, 0.1) is 18.5 Å². The summed E-state index contributed by atoms with van der Waals surface area (Å²) in [5, 5.41) is 49.7. The molecule has 2 amide bonds. The fraction of sp³-hybridized carbons (Fsp3) is 0.111. The van der Waals surface area contributed by atoms with E-state index in [9.17, 15) is 34.5 Å². The number of hydrogen-bond acceptors (Lipinski definition) is 11. The number of esters is 1. The van der Waals surface area contributed by atoms with Gasteiger partial charge in [-0.2, -0.15) is 0 Å². The highest BCUT2D eigenvalue weighted by atomic mass is 16.5. The van der Waals surface area contributed by atoms with Crippen LogP contribution in [-0.4, -0.2) is 67.8 Å². The third kappa shape index (κ3) is 10.6. The third-order valence-corrected chi connectivity index (χ3v) is 9.46. The summed E-state index contributed by atoms with van der Waals surface area (Å²) >= 11 is 0. The maximum Gasteiger partial charge on any atom is 0.342 e. The van der Waals surface area contributed by atoms with Gasteiger partial charge in [-0.3, -0.25) is 30.4 Å². The number of nitrogens with zero attached hydrogens (tertiary/aromatic N) is 2. The van der Waals surface area contributed by atoms with E-state index >= 15 is 0 Å². The number of nitrogens with two attached hydrogens (primary N) is 2. The molecule has 11 N–H and O–H groups in total. The molecule has 6 aromatic rings. The average molecular weight is 823 g/mol. The molecule has 0 atom stereocenters. The van der Waals surface area contributed by atoms with Crippen molar-refractivity contribution < 1.29 is 39.2 Å². The Balaban J connectivity index is 0.000000231. The van der Waals surface area contributed by atoms with Crippen LogP contribution in [0.25, 0.3) is 22.3 Å². The molecule has 0 radical (unpaired) electrons. The molecule has 16 nitrogen and oxygen atoms in total. The summed E-state index contributed by atoms with van der Waals surface area (Å²) in [4.78, 5) is 56.4. The molecule has 16 heteroatoms. The minimum Gasteiger partial charge on any atom is -0.505 e. The highest BCUT2D eigenvalue weighted by Crippen LogP contribution is 2.26. The van der Waals surface area contributed by atoms with E-state index < -0.39 is 17.7 Å². The quantitative estimate of drug-likeness (QED) is 0.0424. The molecule has 0 spiro atoms. The number of pyridine rings is 2. The normalized spacial score (nSPS) is 10.4. The van der Waals surface area contributed by atoms with E-state index in [2.05, 4.69) is 20.6 Å². The number of aryl methyl sites for hydroxylation is 2. The number of methoxy groups -OCH3 is 1. The summed E-state index contributed by atoms with van der Waals surface area (Å²) in [6.07, 6.45) is 2.75. The Labute approximate surface area is 349 Å². The minimum absolute atomic E-state index is 0.00162. The van der Waals surface area contributed by atoms with Crippen molar-refractivity contribution in [3.8, 4) is 33.8 Å². The van der Waals surface area contributed by atoms with Crippen LogP contribution in [0.2, 0.25) is 0 Å². The van der Waals surface area contributed by atoms with Crippen molar-refractivity contribution in [1.29, 1.82) is 10.8 Å². The number of aromatic hydroxyl groups is 2. The van der Waals surface area contributed by atoms with Crippen molar-refractivity contribution in [2.24, 2.45) is 11.5 Å². The lowest BCUT2D eigenvalue weighted by molar-refractivity contribution is 0.0593. The molecule has 0 aliphatic carbocycles. The topological polar surface area (TPSA) is 288 Å². The van der Waals surface area contributed by atoms with Gasteiger partial charge in [0.2, 0.25) is 0 Å². The average Bonchev–Trinajstić information content (AvgIpc) is 3.26. The summed E-state index contributed by atoms with van der Waals surface area (Å²) in [7, 11) is 1.22. The van der Waals surface area contributed by atoms with Gasteiger partial charge in [0, 0.05) is 58.9 Å². The van der Waals surface area contributed by atoms with Gasteiger partial charge < -0.3 is 42.2 Å². The second-order valence-corrected chi connectivity index (χ2v) is 13.5. The summed E-state index contributed by atoms with van der Waals surface area (Å²) in [5.41, 5.74) is 17.5. The molecular weight excluding hydrogens is 781 g/mol. The maximum atomic E-state index is 12.5. The van der Waals surface area contributed by atoms with Gasteiger partial charge >= 0.3 is 11.9 Å². The lowest BCUT2D eigenvalue weighted by atomic mass is 10.0. The molecule has 0 aliphatic rings. The second-order valence-electron chi connectivity index (χ2n) is 13.5. The largest absolute Gasteiger partial charge is 0.505 e. The molecule has 0 saturated heterocycles. The lowest BCUT2D eigenvalue weighted by Crippen LogP contribution is -2.24. The Morgan fingerprint density at radius 1 is 0.574 bits per heavy atom. The zero-order chi connectivity index (χ0) is 44.4. The van der Waals surface area contributed by atoms with Crippen LogP contribution in [-0.2, 0) is 17.8 Å². The Morgan fingerprint density at radius 2 is 0.885 bits per heavy atom. The monoisotopic (exact) mass is 822 g/mol. The number of amides is 2. The summed E-state index contributed by atoms with van der Waals surface area (Å²) in [6.45, 7) is 2.98. The number of benzene rings is 4. The van der Waals surface area contributed by atoms with Crippen LogP contribution in [0, 0.1) is 24.7 Å². The van der Waals surface area contributed by atoms with Gasteiger partial charge in [0.15, 0.2) is 11.5 Å². The standard InChI is InChI=1S/C23H22N4O4.C22H20N4O4/c1-13-20(28)19(23(30)31-2)18(11-26-13)12-27-22(29)17-9-5-15(6-10-17)14-3-7-16(8-4-14)21(24)25;1-12-19(27)18(22(29)30)17(10-25-12)11-26-21(28)16-8-4-14(5-9-16)13-2-6-15(7-3-13)20(23)24/h3-11,28H,12H2,1-2H3,(H3,24,25)(H,27,29);2-10,27H,11H2,1H3,(H3,23,24)(H,26,28)(H,29,30). The zero-order valence-corrected chi connectivity index (χ0v) is 33.2. The number of rotatable bonds is 12. The van der Waals surface area contributed by atoms with Crippen LogP contribution in [0.4, 0.5) is 0 Å². The highest BCUT2D eigenvalue weighted by molar-refractivity contribution is 5.98. The number of aromatic carboxylic acids is 1. The van der Waals surface area contributed by atoms with Gasteiger partial charge in [-0.15, -0.1) is 0 Å². The predicted molar refractivity (Wildman–Crippen MR) is 228 cm³/mol. The molecule has 2 aromatic heterocycles. The van der Waals surface area contributed by atoms with Crippen molar-refractivity contribution in [2.75, 3.05) is 7.11 Å². The molecule has 0 aliphatic heterocycles. The van der Waals surface area contributed by atoms with E-state index in [1.165, 1.54) is 26.4 Å². The van der Waals surface area contributed by atoms with Crippen molar-refractivity contribution in [3.63, 3.8) is 0 Å². The number of hydrogen-bond donors (Lipinski definition) is 9. The summed E-state index contributed by atoms with van der Waals surface area (Å²) in [6, 6.07) is 28.4. The number of nitrogens with one attached hydrogen (secondary N) is 4. The van der Waals surface area contributed by atoms with Crippen LogP contribution in [0.1, 0.15) is 75.1 Å². The number of aromatic nitrogens is 2. The fourth-order valence-electron chi connectivity index (χ4n) is 5.97. The van der Waals surface area contributed by atoms with Gasteiger partial charge in [-0.05, 0) is 60.4 Å². The first-order chi connectivity index (χ1) is 29.1. The van der Waals surface area contributed by atoms with Crippen LogP contribution < -0.4 is 22.1 Å². The number of nitrogen functional groups attached to an aromatic ring is 2. The van der Waals surface area contributed by atoms with Gasteiger partial charge in [0.25, 0.3) is 11.8 Å². The number of carbonyl (C=O) groups is 4. The van der Waals surface area contributed by atoms with Crippen LogP contribution in [0.3, 0.4) is 0 Å². The SMILES string of the molecule is COC(=O)c1c(CNC(=O)c2ccc(-c3ccc(C(=N)N)cc3)cc2)cnc(C)c1O.Cc1ncc(CNC(=O)c2ccc(-c3ccc(C(=N)N)cc3)cc2)c(C(=O)O)c1O. The van der Waals surface area contributed by atoms with Crippen molar-refractivity contribution >= 4 is 35.4 Å². The first-order valence-corrected chi connectivity index (χ1v) is 18.4. The Hall–Kier alpha value is -8.40. The smallest absolute Gasteiger partial charge is 0.342 e. The number of amidine groups is 2. The van der Waals surface area contributed by atoms with E-state index in [0.717, 1.165) is 22.3 Å². The molecule has 6 rings (SSSR count). The Morgan fingerprint density at radius 3 is 1.20 bits per heavy atom. The Kier molecular flexibility index (Phi) is 13.9. The van der Waals surface area contributed by atoms with E-state index in [4.69, 9.17) is 27.0 Å². The fourth-order valence-corrected chi connectivity index (χ4v) is 5.97. The Bertz CT molecular complexity index is 2630. The molecule has 0 bridgehead atoms. The van der Waals surface area contributed by atoms with E-state index in [1.54, 1.807) is 67.6 Å². The maximum absolute atomic E-state index is 12.5. The van der Waals surface area contributed by atoms with Crippen molar-refractivity contribution in [1.82, 2.24) is 20.6 Å². The van der Waals surface area contributed by atoms with Crippen molar-refractivity contribution in [3.05, 3.63) is 165 Å². The van der Waals surface area contributed by atoms with Gasteiger partial charge in [0.1, 0.15) is 22.8 Å². The highest BCUT2D eigenvalue weighted by Gasteiger charge is 2.21. The van der Waals surface area contributed by atoms with Crippen LogP contribution in [0.5, 0.6) is 11.5 Å². The third-order valence-electron chi connectivity index (χ3n) is 9.46.